The molecule has 1 atom stereocenters. The minimum Gasteiger partial charge on any atom is -0.505 e. The molecule has 14 heavy (non-hydrogen) atoms. The maximum atomic E-state index is 9.79. The Morgan fingerprint density at radius 2 is 2.07 bits per heavy atom. The first kappa shape index (κ1) is 9.80. The van der Waals surface area contributed by atoms with Crippen LogP contribution in [0.25, 0.3) is 0 Å². The number of phenolic OH excluding ortho intramolecular Hbond substituents is 1. The van der Waals surface area contributed by atoms with Crippen molar-refractivity contribution in [1.29, 1.82) is 0 Å². The second-order valence-electron chi connectivity index (χ2n) is 3.76. The summed E-state index contributed by atoms with van der Waals surface area (Å²) >= 11 is 3.38. The van der Waals surface area contributed by atoms with Crippen LogP contribution in [0.1, 0.15) is 24.4 Å². The van der Waals surface area contributed by atoms with Gasteiger partial charge in [0.25, 0.3) is 0 Å². The molecule has 0 spiro atoms. The average Bonchev–Trinajstić information content (AvgIpc) is 2.95. The summed E-state index contributed by atoms with van der Waals surface area (Å²) in [5.41, 5.74) is 12.8. The zero-order valence-corrected chi connectivity index (χ0v) is 9.29. The van der Waals surface area contributed by atoms with Crippen LogP contribution in [-0.4, -0.2) is 5.11 Å². The molecule has 0 heterocycles. The summed E-state index contributed by atoms with van der Waals surface area (Å²) in [6.45, 7) is 0. The number of nitrogen functional groups attached to an aromatic ring is 1. The number of halogens is 1. The number of benzene rings is 1. The minimum atomic E-state index is -0.104. The van der Waals surface area contributed by atoms with Gasteiger partial charge in [0.15, 0.2) is 0 Å². The van der Waals surface area contributed by atoms with Crippen molar-refractivity contribution in [1.82, 2.24) is 0 Å². The van der Waals surface area contributed by atoms with Gasteiger partial charge in [0.2, 0.25) is 0 Å². The lowest BCUT2D eigenvalue weighted by molar-refractivity contribution is 0.458. The lowest BCUT2D eigenvalue weighted by Crippen LogP contribution is -2.13. The Labute approximate surface area is 91.2 Å². The topological polar surface area (TPSA) is 72.3 Å². The zero-order valence-electron chi connectivity index (χ0n) is 7.70. The van der Waals surface area contributed by atoms with Gasteiger partial charge in [-0.25, -0.2) is 0 Å². The molecule has 5 N–H and O–H groups in total. The summed E-state index contributed by atoms with van der Waals surface area (Å²) < 4.78 is 0.837. The van der Waals surface area contributed by atoms with E-state index in [4.69, 9.17) is 11.5 Å². The van der Waals surface area contributed by atoms with Crippen molar-refractivity contribution in [3.8, 4) is 5.75 Å². The van der Waals surface area contributed by atoms with Gasteiger partial charge in [0.05, 0.1) is 5.69 Å². The van der Waals surface area contributed by atoms with E-state index >= 15 is 0 Å². The molecule has 0 saturated heterocycles. The van der Waals surface area contributed by atoms with E-state index in [1.807, 2.05) is 6.07 Å². The SMILES string of the molecule is Nc1ccc(Br)c([C@H](N)C2CC2)c1O. The van der Waals surface area contributed by atoms with Crippen molar-refractivity contribution in [2.45, 2.75) is 18.9 Å². The van der Waals surface area contributed by atoms with Crippen LogP contribution in [0.2, 0.25) is 0 Å². The molecular weight excluding hydrogens is 244 g/mol. The Kier molecular flexibility index (Phi) is 2.41. The maximum Gasteiger partial charge on any atom is 0.144 e. The molecule has 1 saturated carbocycles. The third-order valence-electron chi connectivity index (χ3n) is 2.66. The molecule has 0 aliphatic heterocycles. The predicted octanol–water partition coefficient (Wildman–Crippen LogP) is 2.15. The van der Waals surface area contributed by atoms with E-state index in [0.717, 1.165) is 22.9 Å². The Balaban J connectivity index is 2.43. The minimum absolute atomic E-state index is 0.104. The standard InChI is InChI=1S/C10H13BrN2O/c11-6-3-4-7(12)10(14)8(6)9(13)5-1-2-5/h3-5,9,14H,1-2,12-13H2/t9-/m1/s1. The van der Waals surface area contributed by atoms with Gasteiger partial charge < -0.3 is 16.6 Å². The van der Waals surface area contributed by atoms with Crippen molar-refractivity contribution in [3.63, 3.8) is 0 Å². The van der Waals surface area contributed by atoms with Crippen LogP contribution >= 0.6 is 15.9 Å². The van der Waals surface area contributed by atoms with Crippen LogP contribution in [0, 0.1) is 5.92 Å². The molecule has 76 valence electrons. The smallest absolute Gasteiger partial charge is 0.144 e. The van der Waals surface area contributed by atoms with Crippen LogP contribution in [-0.2, 0) is 0 Å². The Hall–Kier alpha value is -0.740. The largest absolute Gasteiger partial charge is 0.505 e. The van der Waals surface area contributed by atoms with Crippen LogP contribution in [0.15, 0.2) is 16.6 Å². The van der Waals surface area contributed by atoms with Crippen molar-refractivity contribution in [2.75, 3.05) is 5.73 Å². The lowest BCUT2D eigenvalue weighted by Gasteiger charge is -2.15. The molecule has 1 fully saturated rings. The van der Waals surface area contributed by atoms with E-state index in [-0.39, 0.29) is 11.8 Å². The van der Waals surface area contributed by atoms with E-state index in [1.165, 1.54) is 0 Å². The van der Waals surface area contributed by atoms with E-state index in [9.17, 15) is 5.11 Å². The molecule has 1 aliphatic rings. The van der Waals surface area contributed by atoms with Crippen molar-refractivity contribution >= 4 is 21.6 Å². The lowest BCUT2D eigenvalue weighted by atomic mass is 10.0. The number of phenols is 1. The maximum absolute atomic E-state index is 9.79. The molecule has 0 unspecified atom stereocenters. The molecule has 0 radical (unpaired) electrons. The van der Waals surface area contributed by atoms with Gasteiger partial charge in [0, 0.05) is 16.1 Å². The number of hydrogen-bond acceptors (Lipinski definition) is 3. The highest BCUT2D eigenvalue weighted by molar-refractivity contribution is 9.10. The molecule has 0 bridgehead atoms. The average molecular weight is 257 g/mol. The van der Waals surface area contributed by atoms with Crippen molar-refractivity contribution < 1.29 is 5.11 Å². The summed E-state index contributed by atoms with van der Waals surface area (Å²) in [6.07, 6.45) is 2.28. The number of anilines is 1. The molecule has 1 aliphatic carbocycles. The third kappa shape index (κ3) is 1.60. The van der Waals surface area contributed by atoms with Gasteiger partial charge in [-0.05, 0) is 30.9 Å². The van der Waals surface area contributed by atoms with Crippen molar-refractivity contribution in [3.05, 3.63) is 22.2 Å². The van der Waals surface area contributed by atoms with Crippen molar-refractivity contribution in [2.24, 2.45) is 11.7 Å². The number of hydrogen-bond donors (Lipinski definition) is 3. The van der Waals surface area contributed by atoms with Gasteiger partial charge in [-0.1, -0.05) is 15.9 Å². The molecule has 3 nitrogen and oxygen atoms in total. The van der Waals surface area contributed by atoms with Gasteiger partial charge in [-0.3, -0.25) is 0 Å². The predicted molar refractivity (Wildman–Crippen MR) is 59.9 cm³/mol. The first-order valence-corrected chi connectivity index (χ1v) is 5.43. The molecule has 2 rings (SSSR count). The highest BCUT2D eigenvalue weighted by Crippen LogP contribution is 2.45. The molecule has 1 aromatic rings. The number of rotatable bonds is 2. The van der Waals surface area contributed by atoms with Crippen LogP contribution in [0.3, 0.4) is 0 Å². The van der Waals surface area contributed by atoms with Crippen LogP contribution < -0.4 is 11.5 Å². The fourth-order valence-corrected chi connectivity index (χ4v) is 2.19. The molecule has 0 aromatic heterocycles. The van der Waals surface area contributed by atoms with Crippen LogP contribution in [0.4, 0.5) is 5.69 Å². The van der Waals surface area contributed by atoms with E-state index in [2.05, 4.69) is 15.9 Å². The Bertz CT molecular complexity index is 363. The van der Waals surface area contributed by atoms with E-state index in [0.29, 0.717) is 11.6 Å². The molecule has 1 aromatic carbocycles. The van der Waals surface area contributed by atoms with Crippen LogP contribution in [0.5, 0.6) is 5.75 Å². The number of aromatic hydroxyl groups is 1. The van der Waals surface area contributed by atoms with Gasteiger partial charge in [0.1, 0.15) is 5.75 Å². The fourth-order valence-electron chi connectivity index (χ4n) is 1.61. The normalized spacial score (nSPS) is 18.1. The van der Waals surface area contributed by atoms with E-state index < -0.39 is 0 Å². The highest BCUT2D eigenvalue weighted by atomic mass is 79.9. The second kappa shape index (κ2) is 3.44. The molecule has 0 amide bonds. The number of nitrogens with two attached hydrogens (primary N) is 2. The molecular formula is C10H13BrN2O. The van der Waals surface area contributed by atoms with Gasteiger partial charge in [-0.15, -0.1) is 0 Å². The first-order chi connectivity index (χ1) is 6.61. The zero-order chi connectivity index (χ0) is 10.3. The first-order valence-electron chi connectivity index (χ1n) is 4.63. The third-order valence-corrected chi connectivity index (χ3v) is 3.35. The molecule has 4 heteroatoms. The summed E-state index contributed by atoms with van der Waals surface area (Å²) in [7, 11) is 0. The van der Waals surface area contributed by atoms with E-state index in [1.54, 1.807) is 6.07 Å². The van der Waals surface area contributed by atoms with Gasteiger partial charge >= 0.3 is 0 Å². The summed E-state index contributed by atoms with van der Waals surface area (Å²) in [6, 6.07) is 3.39. The summed E-state index contributed by atoms with van der Waals surface area (Å²) in [5, 5.41) is 9.79. The Morgan fingerprint density at radius 3 is 2.64 bits per heavy atom. The monoisotopic (exact) mass is 256 g/mol. The summed E-state index contributed by atoms with van der Waals surface area (Å²) in [4.78, 5) is 0. The highest BCUT2D eigenvalue weighted by Gasteiger charge is 2.32. The second-order valence-corrected chi connectivity index (χ2v) is 4.62. The summed E-state index contributed by atoms with van der Waals surface area (Å²) in [5.74, 6) is 0.623. The Morgan fingerprint density at radius 1 is 1.43 bits per heavy atom. The fraction of sp³-hybridized carbons (Fsp3) is 0.400. The van der Waals surface area contributed by atoms with Gasteiger partial charge in [-0.2, -0.15) is 0 Å². The quantitative estimate of drug-likeness (QED) is 0.561.